The molecule has 1 amide bonds. The number of carboxylic acids is 1. The number of ketones is 1. The van der Waals surface area contributed by atoms with Crippen molar-refractivity contribution in [3.05, 3.63) is 53.6 Å². The van der Waals surface area contributed by atoms with Gasteiger partial charge in [0.25, 0.3) is 5.91 Å². The highest BCUT2D eigenvalue weighted by atomic mass is 16.4. The fraction of sp³-hybridized carbons (Fsp3) is 0.368. The number of benzene rings is 1. The number of aliphatic carboxylic acids is 1. The summed E-state index contributed by atoms with van der Waals surface area (Å²) >= 11 is 0. The Balaban J connectivity index is 1.60. The zero-order valence-electron chi connectivity index (χ0n) is 15.0. The lowest BCUT2D eigenvalue weighted by Gasteiger charge is -2.42. The SMILES string of the molecule is CCN(CC(=O)O)C1CC(NC(=O)c2[nH]cnc2C(=O)c2ccccc2)C1. The molecule has 0 radical (unpaired) electrons. The zero-order chi connectivity index (χ0) is 19.4. The molecule has 3 N–H and O–H groups in total. The molecule has 0 spiro atoms. The first-order valence-corrected chi connectivity index (χ1v) is 8.89. The maximum absolute atomic E-state index is 12.6. The van der Waals surface area contributed by atoms with Crippen molar-refractivity contribution in [2.75, 3.05) is 13.1 Å². The number of nitrogens with one attached hydrogen (secondary N) is 2. The number of carbonyl (C=O) groups excluding carboxylic acids is 2. The maximum Gasteiger partial charge on any atom is 0.317 e. The van der Waals surface area contributed by atoms with Gasteiger partial charge in [0, 0.05) is 17.6 Å². The van der Waals surface area contributed by atoms with Crippen LogP contribution in [-0.4, -0.2) is 62.8 Å². The van der Waals surface area contributed by atoms with Gasteiger partial charge in [-0.1, -0.05) is 37.3 Å². The third kappa shape index (κ3) is 4.22. The molecule has 1 heterocycles. The highest BCUT2D eigenvalue weighted by molar-refractivity contribution is 6.13. The number of nitrogens with zero attached hydrogens (tertiary/aromatic N) is 2. The molecular weight excluding hydrogens is 348 g/mol. The Kier molecular flexibility index (Phi) is 5.66. The van der Waals surface area contributed by atoms with Crippen LogP contribution in [0.2, 0.25) is 0 Å². The van der Waals surface area contributed by atoms with E-state index in [2.05, 4.69) is 15.3 Å². The van der Waals surface area contributed by atoms with E-state index < -0.39 is 5.97 Å². The molecule has 1 aliphatic carbocycles. The van der Waals surface area contributed by atoms with Gasteiger partial charge in [-0.25, -0.2) is 4.98 Å². The van der Waals surface area contributed by atoms with Gasteiger partial charge in [0.2, 0.25) is 5.78 Å². The van der Waals surface area contributed by atoms with Crippen molar-refractivity contribution in [2.24, 2.45) is 0 Å². The minimum atomic E-state index is -0.856. The summed E-state index contributed by atoms with van der Waals surface area (Å²) in [6.07, 6.45) is 2.70. The second-order valence-corrected chi connectivity index (χ2v) is 6.57. The Morgan fingerprint density at radius 1 is 1.26 bits per heavy atom. The van der Waals surface area contributed by atoms with Crippen molar-refractivity contribution >= 4 is 17.7 Å². The Labute approximate surface area is 156 Å². The number of aromatic nitrogens is 2. The highest BCUT2D eigenvalue weighted by Crippen LogP contribution is 2.26. The Morgan fingerprint density at radius 3 is 2.59 bits per heavy atom. The molecule has 1 fully saturated rings. The minimum absolute atomic E-state index is 0.00188. The monoisotopic (exact) mass is 370 g/mol. The van der Waals surface area contributed by atoms with Gasteiger partial charge in [-0.05, 0) is 19.4 Å². The van der Waals surface area contributed by atoms with Gasteiger partial charge in [-0.3, -0.25) is 19.3 Å². The van der Waals surface area contributed by atoms with Crippen molar-refractivity contribution in [3.8, 4) is 0 Å². The van der Waals surface area contributed by atoms with E-state index >= 15 is 0 Å². The summed E-state index contributed by atoms with van der Waals surface area (Å²) in [5.41, 5.74) is 0.704. The summed E-state index contributed by atoms with van der Waals surface area (Å²) in [6, 6.07) is 8.77. The van der Waals surface area contributed by atoms with E-state index in [1.165, 1.54) is 6.33 Å². The lowest BCUT2D eigenvalue weighted by molar-refractivity contribution is -0.139. The standard InChI is InChI=1S/C19H22N4O4/c1-2-23(10-15(24)25)14-8-13(9-14)22-19(27)17-16(20-11-21-17)18(26)12-6-4-3-5-7-12/h3-7,11,13-14H,2,8-10H2,1H3,(H,20,21)(H,22,27)(H,24,25). The fourth-order valence-corrected chi connectivity index (χ4v) is 3.30. The molecule has 8 heteroatoms. The van der Waals surface area contributed by atoms with E-state index in [4.69, 9.17) is 5.11 Å². The molecule has 1 saturated carbocycles. The normalized spacial score (nSPS) is 18.7. The fourth-order valence-electron chi connectivity index (χ4n) is 3.30. The molecule has 1 aromatic carbocycles. The average molecular weight is 370 g/mol. The molecular formula is C19H22N4O4. The maximum atomic E-state index is 12.6. The summed E-state index contributed by atoms with van der Waals surface area (Å²) in [5, 5.41) is 11.8. The van der Waals surface area contributed by atoms with Crippen molar-refractivity contribution in [1.29, 1.82) is 0 Å². The van der Waals surface area contributed by atoms with Crippen molar-refractivity contribution < 1.29 is 19.5 Å². The number of hydrogen-bond donors (Lipinski definition) is 3. The van der Waals surface area contributed by atoms with Crippen LogP contribution in [0.5, 0.6) is 0 Å². The summed E-state index contributed by atoms with van der Waals surface area (Å²) < 4.78 is 0. The molecule has 0 saturated heterocycles. The lowest BCUT2D eigenvalue weighted by Crippen LogP contribution is -2.54. The van der Waals surface area contributed by atoms with Crippen LogP contribution in [0.1, 0.15) is 46.3 Å². The number of likely N-dealkylation sites (N-methyl/N-ethyl adjacent to an activating group) is 1. The molecule has 0 atom stereocenters. The van der Waals surface area contributed by atoms with Gasteiger partial charge < -0.3 is 15.4 Å². The Hall–Kier alpha value is -3.00. The van der Waals surface area contributed by atoms with Gasteiger partial charge in [-0.15, -0.1) is 0 Å². The zero-order valence-corrected chi connectivity index (χ0v) is 15.0. The van der Waals surface area contributed by atoms with Crippen LogP contribution < -0.4 is 5.32 Å². The van der Waals surface area contributed by atoms with Crippen LogP contribution >= 0.6 is 0 Å². The van der Waals surface area contributed by atoms with E-state index in [9.17, 15) is 14.4 Å². The van der Waals surface area contributed by atoms with E-state index in [1.54, 1.807) is 24.3 Å². The van der Waals surface area contributed by atoms with Crippen molar-refractivity contribution in [1.82, 2.24) is 20.2 Å². The molecule has 1 aromatic heterocycles. The molecule has 0 bridgehead atoms. The third-order valence-electron chi connectivity index (χ3n) is 4.83. The topological polar surface area (TPSA) is 115 Å². The quantitative estimate of drug-likeness (QED) is 0.604. The first-order chi connectivity index (χ1) is 13.0. The predicted molar refractivity (Wildman–Crippen MR) is 97.6 cm³/mol. The van der Waals surface area contributed by atoms with Gasteiger partial charge in [0.1, 0.15) is 11.4 Å². The first-order valence-electron chi connectivity index (χ1n) is 8.89. The van der Waals surface area contributed by atoms with E-state index in [0.717, 1.165) is 0 Å². The van der Waals surface area contributed by atoms with Crippen LogP contribution in [0.25, 0.3) is 0 Å². The number of rotatable bonds is 8. The van der Waals surface area contributed by atoms with E-state index in [0.29, 0.717) is 24.9 Å². The number of aromatic amines is 1. The molecule has 0 aliphatic heterocycles. The van der Waals surface area contributed by atoms with Crippen molar-refractivity contribution in [3.63, 3.8) is 0 Å². The number of imidazole rings is 1. The number of carbonyl (C=O) groups is 3. The number of H-pyrrole nitrogens is 1. The van der Waals surface area contributed by atoms with E-state index in [-0.39, 0.29) is 41.7 Å². The molecule has 0 unspecified atom stereocenters. The number of amides is 1. The van der Waals surface area contributed by atoms with Gasteiger partial charge in [-0.2, -0.15) is 0 Å². The minimum Gasteiger partial charge on any atom is -0.480 e. The van der Waals surface area contributed by atoms with Crippen LogP contribution in [0.3, 0.4) is 0 Å². The van der Waals surface area contributed by atoms with Crippen LogP contribution in [0.4, 0.5) is 0 Å². The van der Waals surface area contributed by atoms with Gasteiger partial charge in [0.05, 0.1) is 12.9 Å². The smallest absolute Gasteiger partial charge is 0.317 e. The van der Waals surface area contributed by atoms with E-state index in [1.807, 2.05) is 17.9 Å². The molecule has 2 aromatic rings. The average Bonchev–Trinajstić information content (AvgIpc) is 3.12. The lowest BCUT2D eigenvalue weighted by atomic mass is 9.85. The van der Waals surface area contributed by atoms with Crippen LogP contribution in [0.15, 0.2) is 36.7 Å². The Bertz CT molecular complexity index is 827. The summed E-state index contributed by atoms with van der Waals surface area (Å²) in [6.45, 7) is 2.56. The summed E-state index contributed by atoms with van der Waals surface area (Å²) in [4.78, 5) is 44.6. The number of carboxylic acid groups (broad SMARTS) is 1. The largest absolute Gasteiger partial charge is 0.480 e. The van der Waals surface area contributed by atoms with Gasteiger partial charge >= 0.3 is 5.97 Å². The first kappa shape index (κ1) is 18.8. The molecule has 8 nitrogen and oxygen atoms in total. The van der Waals surface area contributed by atoms with Crippen LogP contribution in [-0.2, 0) is 4.79 Å². The Morgan fingerprint density at radius 2 is 1.96 bits per heavy atom. The number of hydrogen-bond acceptors (Lipinski definition) is 5. The van der Waals surface area contributed by atoms with Gasteiger partial charge in [0.15, 0.2) is 0 Å². The highest BCUT2D eigenvalue weighted by Gasteiger charge is 2.35. The molecule has 27 heavy (non-hydrogen) atoms. The second-order valence-electron chi connectivity index (χ2n) is 6.57. The molecule has 142 valence electrons. The van der Waals surface area contributed by atoms with Crippen LogP contribution in [0, 0.1) is 0 Å². The molecule has 3 rings (SSSR count). The predicted octanol–water partition coefficient (Wildman–Crippen LogP) is 1.31. The summed E-state index contributed by atoms with van der Waals surface area (Å²) in [7, 11) is 0. The van der Waals surface area contributed by atoms with Crippen molar-refractivity contribution in [2.45, 2.75) is 31.8 Å². The molecule has 1 aliphatic rings. The summed E-state index contributed by atoms with van der Waals surface area (Å²) in [5.74, 6) is -1.55. The second kappa shape index (κ2) is 8.13. The third-order valence-corrected chi connectivity index (χ3v) is 4.83.